The zero-order chi connectivity index (χ0) is 25.0. The topological polar surface area (TPSA) is 18.5 Å². The smallest absolute Gasteiger partial charge is 0.353 e. The highest BCUT2D eigenvalue weighted by Crippen LogP contribution is 2.32. The monoisotopic (exact) mass is 492 g/mol. The Kier molecular flexibility index (Phi) is 8.07. The molecule has 4 rings (SSSR count). The van der Waals surface area contributed by atoms with E-state index in [1.165, 1.54) is 6.07 Å². The molecular weight excluding hydrogens is 463 g/mol. The van der Waals surface area contributed by atoms with Gasteiger partial charge in [-0.25, -0.2) is 8.78 Å². The summed E-state index contributed by atoms with van der Waals surface area (Å²) in [4.78, 5) is 0. The Balaban J connectivity index is 1.39. The van der Waals surface area contributed by atoms with Crippen LogP contribution < -0.4 is 0 Å². The molecule has 2 unspecified atom stereocenters. The summed E-state index contributed by atoms with van der Waals surface area (Å²) in [5.41, 5.74) is 0.598. The van der Waals surface area contributed by atoms with Crippen molar-refractivity contribution in [2.75, 3.05) is 6.61 Å². The molecular formula is C28H29F5O2. The number of alkyl halides is 3. The summed E-state index contributed by atoms with van der Waals surface area (Å²) >= 11 is 0. The molecule has 1 fully saturated rings. The van der Waals surface area contributed by atoms with Crippen LogP contribution in [0.25, 0.3) is 10.8 Å². The van der Waals surface area contributed by atoms with Gasteiger partial charge < -0.3 is 9.47 Å². The Bertz CT molecular complexity index is 1160. The molecule has 2 nitrogen and oxygen atoms in total. The molecule has 0 aromatic heterocycles. The molecule has 35 heavy (non-hydrogen) atoms. The average Bonchev–Trinajstić information content (AvgIpc) is 2.82. The zero-order valence-electron chi connectivity index (χ0n) is 19.6. The normalized spacial score (nSPS) is 18.8. The number of aryl methyl sites for hydroxylation is 3. The Hall–Kier alpha value is -2.51. The standard InChI is InChI=1S/C28H29F5O2/c1-2-3-22-14-15-34-26(35-22)13-7-18-5-11-23-21(16-18)10-9-20(27(23)30)8-4-19-6-12-24(25(29)17-19)28(31,32)33/h5-6,9-12,16-17,22,26H,2-4,7-8,13-15H2,1H3. The van der Waals surface area contributed by atoms with Crippen molar-refractivity contribution in [3.8, 4) is 0 Å². The molecule has 3 aromatic carbocycles. The molecule has 0 radical (unpaired) electrons. The van der Waals surface area contributed by atoms with Crippen LogP contribution in [0.3, 0.4) is 0 Å². The van der Waals surface area contributed by atoms with Crippen LogP contribution in [0.5, 0.6) is 0 Å². The van der Waals surface area contributed by atoms with Crippen molar-refractivity contribution in [2.24, 2.45) is 0 Å². The molecule has 1 aliphatic heterocycles. The van der Waals surface area contributed by atoms with E-state index in [0.29, 0.717) is 23.1 Å². The molecule has 3 aromatic rings. The van der Waals surface area contributed by atoms with Crippen LogP contribution in [-0.4, -0.2) is 19.0 Å². The Morgan fingerprint density at radius 1 is 0.886 bits per heavy atom. The summed E-state index contributed by atoms with van der Waals surface area (Å²) in [7, 11) is 0. The molecule has 0 aliphatic carbocycles. The first-order valence-corrected chi connectivity index (χ1v) is 12.1. The first-order chi connectivity index (χ1) is 16.7. The van der Waals surface area contributed by atoms with Crippen LogP contribution in [0.2, 0.25) is 0 Å². The predicted octanol–water partition coefficient (Wildman–Crippen LogP) is 7.79. The molecule has 1 saturated heterocycles. The number of hydrogen-bond donors (Lipinski definition) is 0. The van der Waals surface area contributed by atoms with Crippen molar-refractivity contribution in [1.82, 2.24) is 0 Å². The maximum absolute atomic E-state index is 15.1. The Morgan fingerprint density at radius 3 is 2.40 bits per heavy atom. The molecule has 0 bridgehead atoms. The lowest BCUT2D eigenvalue weighted by atomic mass is 9.97. The number of fused-ring (bicyclic) bond motifs is 1. The number of hydrogen-bond acceptors (Lipinski definition) is 2. The Labute approximate surface area is 202 Å². The summed E-state index contributed by atoms with van der Waals surface area (Å²) in [5.74, 6) is -1.67. The lowest BCUT2D eigenvalue weighted by Gasteiger charge is -2.30. The van der Waals surface area contributed by atoms with Gasteiger partial charge in [-0.05, 0) is 66.3 Å². The minimum absolute atomic E-state index is 0.217. The number of benzene rings is 3. The van der Waals surface area contributed by atoms with Crippen molar-refractivity contribution in [2.45, 2.75) is 70.4 Å². The summed E-state index contributed by atoms with van der Waals surface area (Å²) < 4.78 is 78.9. The van der Waals surface area contributed by atoms with Gasteiger partial charge in [-0.15, -0.1) is 0 Å². The van der Waals surface area contributed by atoms with Gasteiger partial charge in [-0.2, -0.15) is 13.2 Å². The highest BCUT2D eigenvalue weighted by Gasteiger charge is 2.33. The molecule has 1 aliphatic rings. The molecule has 0 N–H and O–H groups in total. The van der Waals surface area contributed by atoms with Gasteiger partial charge >= 0.3 is 6.18 Å². The molecule has 0 spiro atoms. The van der Waals surface area contributed by atoms with Crippen LogP contribution in [0.15, 0.2) is 48.5 Å². The van der Waals surface area contributed by atoms with Gasteiger partial charge in [0.2, 0.25) is 0 Å². The first kappa shape index (κ1) is 25.6. The third-order valence-corrected chi connectivity index (χ3v) is 6.49. The quantitative estimate of drug-likeness (QED) is 0.299. The van der Waals surface area contributed by atoms with E-state index < -0.39 is 17.6 Å². The summed E-state index contributed by atoms with van der Waals surface area (Å²) in [5, 5.41) is 1.26. The largest absolute Gasteiger partial charge is 0.419 e. The van der Waals surface area contributed by atoms with Crippen LogP contribution in [0, 0.1) is 11.6 Å². The molecule has 7 heteroatoms. The molecule has 1 heterocycles. The number of ether oxygens (including phenoxy) is 2. The van der Waals surface area contributed by atoms with Gasteiger partial charge in [0.15, 0.2) is 6.29 Å². The van der Waals surface area contributed by atoms with E-state index in [4.69, 9.17) is 9.47 Å². The second-order valence-corrected chi connectivity index (χ2v) is 9.08. The first-order valence-electron chi connectivity index (χ1n) is 12.1. The minimum Gasteiger partial charge on any atom is -0.353 e. The zero-order valence-corrected chi connectivity index (χ0v) is 19.6. The van der Waals surface area contributed by atoms with Gasteiger partial charge in [-0.1, -0.05) is 49.7 Å². The van der Waals surface area contributed by atoms with Crippen molar-refractivity contribution in [3.63, 3.8) is 0 Å². The van der Waals surface area contributed by atoms with Crippen molar-refractivity contribution >= 4 is 10.8 Å². The van der Waals surface area contributed by atoms with Gasteiger partial charge in [0.05, 0.1) is 18.3 Å². The van der Waals surface area contributed by atoms with Gasteiger partial charge in [0.25, 0.3) is 0 Å². The van der Waals surface area contributed by atoms with E-state index >= 15 is 4.39 Å². The van der Waals surface area contributed by atoms with Gasteiger partial charge in [-0.3, -0.25) is 0 Å². The highest BCUT2D eigenvalue weighted by atomic mass is 19.4. The SMILES string of the molecule is CCCC1CCOC(CCc2ccc3c(F)c(CCc4ccc(C(F)(F)F)c(F)c4)ccc3c2)O1. The van der Waals surface area contributed by atoms with E-state index in [2.05, 4.69) is 6.92 Å². The summed E-state index contributed by atoms with van der Waals surface area (Å²) in [6.07, 6.45) is 0.308. The second-order valence-electron chi connectivity index (χ2n) is 9.08. The van der Waals surface area contributed by atoms with E-state index in [9.17, 15) is 17.6 Å². The van der Waals surface area contributed by atoms with Crippen molar-refractivity contribution in [3.05, 3.63) is 82.4 Å². The van der Waals surface area contributed by atoms with Gasteiger partial charge in [0, 0.05) is 11.8 Å². The maximum Gasteiger partial charge on any atom is 0.419 e. The third kappa shape index (κ3) is 6.39. The molecule has 188 valence electrons. The van der Waals surface area contributed by atoms with E-state index in [-0.39, 0.29) is 31.1 Å². The van der Waals surface area contributed by atoms with E-state index in [1.54, 1.807) is 12.1 Å². The molecule has 0 amide bonds. The fourth-order valence-electron chi connectivity index (χ4n) is 4.58. The lowest BCUT2D eigenvalue weighted by Crippen LogP contribution is -2.32. The van der Waals surface area contributed by atoms with Crippen LogP contribution in [-0.2, 0) is 34.9 Å². The number of halogens is 5. The summed E-state index contributed by atoms with van der Waals surface area (Å²) in [6.45, 7) is 2.85. The lowest BCUT2D eigenvalue weighted by molar-refractivity contribution is -0.215. The number of rotatable bonds is 8. The highest BCUT2D eigenvalue weighted by molar-refractivity contribution is 5.84. The molecule has 0 saturated carbocycles. The third-order valence-electron chi connectivity index (χ3n) is 6.49. The minimum atomic E-state index is -4.74. The molecule has 2 atom stereocenters. The second kappa shape index (κ2) is 11.0. The van der Waals surface area contributed by atoms with E-state index in [0.717, 1.165) is 55.2 Å². The fourth-order valence-corrected chi connectivity index (χ4v) is 4.58. The fraction of sp³-hybridized carbons (Fsp3) is 0.429. The van der Waals surface area contributed by atoms with Crippen molar-refractivity contribution in [1.29, 1.82) is 0 Å². The van der Waals surface area contributed by atoms with Crippen LogP contribution >= 0.6 is 0 Å². The van der Waals surface area contributed by atoms with E-state index in [1.807, 2.05) is 18.2 Å². The van der Waals surface area contributed by atoms with Crippen LogP contribution in [0.4, 0.5) is 22.0 Å². The average molecular weight is 493 g/mol. The Morgan fingerprint density at radius 2 is 1.66 bits per heavy atom. The van der Waals surface area contributed by atoms with Gasteiger partial charge in [0.1, 0.15) is 11.6 Å². The predicted molar refractivity (Wildman–Crippen MR) is 125 cm³/mol. The van der Waals surface area contributed by atoms with Crippen molar-refractivity contribution < 1.29 is 31.4 Å². The summed E-state index contributed by atoms with van der Waals surface area (Å²) in [6, 6.07) is 12.0. The maximum atomic E-state index is 15.1. The van der Waals surface area contributed by atoms with Crippen LogP contribution in [0.1, 0.15) is 54.9 Å².